The van der Waals surface area contributed by atoms with Gasteiger partial charge in [0.1, 0.15) is 0 Å². The molecule has 0 saturated heterocycles. The van der Waals surface area contributed by atoms with Gasteiger partial charge in [-0.25, -0.2) is 0 Å². The van der Waals surface area contributed by atoms with Crippen molar-refractivity contribution in [1.82, 2.24) is 10.6 Å². The molecule has 0 heterocycles. The first-order chi connectivity index (χ1) is 19.9. The lowest BCUT2D eigenvalue weighted by atomic mass is 9.54. The molecule has 2 unspecified atom stereocenters. The Balaban J connectivity index is 1.09. The zero-order valence-electron chi connectivity index (χ0n) is 23.8. The Bertz CT molecular complexity index is 1180. The van der Waals surface area contributed by atoms with Crippen molar-refractivity contribution in [3.8, 4) is 0 Å². The number of unbranched alkanes of at least 4 members (excludes halogenated alkanes) is 2. The Kier molecular flexibility index (Phi) is 9.07. The largest absolute Gasteiger partial charge is 0.316 e. The first kappa shape index (κ1) is 27.0. The molecule has 2 atom stereocenters. The van der Waals surface area contributed by atoms with Gasteiger partial charge in [-0.1, -0.05) is 109 Å². The van der Waals surface area contributed by atoms with Crippen molar-refractivity contribution in [3.63, 3.8) is 0 Å². The van der Waals surface area contributed by atoms with Crippen LogP contribution in [-0.4, -0.2) is 26.2 Å². The minimum atomic E-state index is 0.485. The third kappa shape index (κ3) is 6.09. The molecule has 2 nitrogen and oxygen atoms in total. The number of aryl methyl sites for hydroxylation is 2. The Hall–Kier alpha value is -3.20. The molecule has 2 N–H and O–H groups in total. The Morgan fingerprint density at radius 3 is 1.12 bits per heavy atom. The summed E-state index contributed by atoms with van der Waals surface area (Å²) in [5.74, 6) is 2.19. The summed E-state index contributed by atoms with van der Waals surface area (Å²) in [5, 5.41) is 7.84. The topological polar surface area (TPSA) is 24.1 Å². The standard InChI is InChI=1S/C38H44N2/c1-3-15-29(16-4-1)19-11-13-25-39-27-35-36(28-40-26-14-12-20-30-17-5-2-6-18-30)38-33-23-9-7-21-31(33)37(35)32-22-8-10-24-34(32)38/h1-10,15-18,21-24,35-40H,11-14,19-20,25-28H2. The maximum atomic E-state index is 3.92. The number of hydrogen-bond donors (Lipinski definition) is 2. The Morgan fingerprint density at radius 2 is 0.750 bits per heavy atom. The molecule has 40 heavy (non-hydrogen) atoms. The van der Waals surface area contributed by atoms with Gasteiger partial charge < -0.3 is 10.6 Å². The van der Waals surface area contributed by atoms with Gasteiger partial charge in [-0.05, 0) is 110 Å². The molecule has 2 heteroatoms. The van der Waals surface area contributed by atoms with E-state index in [1.54, 1.807) is 22.3 Å². The fraction of sp³-hybridized carbons (Fsp3) is 0.368. The second kappa shape index (κ2) is 13.4. The summed E-state index contributed by atoms with van der Waals surface area (Å²) in [7, 11) is 0. The van der Waals surface area contributed by atoms with Gasteiger partial charge >= 0.3 is 0 Å². The molecule has 0 spiro atoms. The van der Waals surface area contributed by atoms with Crippen LogP contribution in [0.2, 0.25) is 0 Å². The van der Waals surface area contributed by atoms with E-state index in [2.05, 4.69) is 120 Å². The maximum Gasteiger partial charge on any atom is 0.0139 e. The monoisotopic (exact) mass is 528 g/mol. The smallest absolute Gasteiger partial charge is 0.0139 e. The van der Waals surface area contributed by atoms with E-state index in [9.17, 15) is 0 Å². The second-order valence-electron chi connectivity index (χ2n) is 11.8. The summed E-state index contributed by atoms with van der Waals surface area (Å²) in [6, 6.07) is 40.4. The molecule has 0 aliphatic heterocycles. The molecular formula is C38H44N2. The van der Waals surface area contributed by atoms with Gasteiger partial charge in [0, 0.05) is 11.8 Å². The third-order valence-electron chi connectivity index (χ3n) is 9.32. The van der Waals surface area contributed by atoms with Crippen molar-refractivity contribution in [2.75, 3.05) is 26.2 Å². The van der Waals surface area contributed by atoms with Crippen molar-refractivity contribution < 1.29 is 0 Å². The number of hydrogen-bond acceptors (Lipinski definition) is 2. The van der Waals surface area contributed by atoms with Crippen LogP contribution in [0.3, 0.4) is 0 Å². The Labute approximate surface area is 241 Å². The van der Waals surface area contributed by atoms with Crippen molar-refractivity contribution >= 4 is 0 Å². The lowest BCUT2D eigenvalue weighted by Gasteiger charge is -2.51. The highest BCUT2D eigenvalue weighted by Gasteiger charge is 2.48. The first-order valence-corrected chi connectivity index (χ1v) is 15.6. The number of nitrogens with one attached hydrogen (secondary N) is 2. The van der Waals surface area contributed by atoms with Gasteiger partial charge in [0.25, 0.3) is 0 Å². The molecule has 3 aliphatic rings. The van der Waals surface area contributed by atoms with Gasteiger partial charge in [0.15, 0.2) is 0 Å². The molecule has 0 fully saturated rings. The van der Waals surface area contributed by atoms with E-state index in [0.29, 0.717) is 23.7 Å². The lowest BCUT2D eigenvalue weighted by molar-refractivity contribution is 0.216. The van der Waals surface area contributed by atoms with Crippen LogP contribution in [0.1, 0.15) is 70.9 Å². The molecule has 206 valence electrons. The van der Waals surface area contributed by atoms with Crippen LogP contribution in [0, 0.1) is 11.8 Å². The van der Waals surface area contributed by atoms with E-state index in [1.165, 1.54) is 49.7 Å². The van der Waals surface area contributed by atoms with E-state index in [-0.39, 0.29) is 0 Å². The van der Waals surface area contributed by atoms with E-state index in [4.69, 9.17) is 0 Å². The molecule has 7 rings (SSSR count). The summed E-state index contributed by atoms with van der Waals surface area (Å²) in [6.07, 6.45) is 7.30. The summed E-state index contributed by atoms with van der Waals surface area (Å²) in [5.41, 5.74) is 9.19. The highest BCUT2D eigenvalue weighted by atomic mass is 14.9. The Morgan fingerprint density at radius 1 is 0.400 bits per heavy atom. The fourth-order valence-corrected chi connectivity index (χ4v) is 7.43. The molecule has 3 aliphatic carbocycles. The van der Waals surface area contributed by atoms with Gasteiger partial charge in [0.05, 0.1) is 0 Å². The highest BCUT2D eigenvalue weighted by Crippen LogP contribution is 2.57. The van der Waals surface area contributed by atoms with Gasteiger partial charge in [-0.3, -0.25) is 0 Å². The summed E-state index contributed by atoms with van der Waals surface area (Å²) >= 11 is 0. The SMILES string of the molecule is c1ccc(CCCCNCC2C3c4ccccc4C(c4ccccc43)C2CNCCCCc2ccccc2)cc1. The normalized spacial score (nSPS) is 20.7. The van der Waals surface area contributed by atoms with Crippen molar-refractivity contribution in [2.45, 2.75) is 50.4 Å². The van der Waals surface area contributed by atoms with Crippen LogP contribution in [-0.2, 0) is 12.8 Å². The van der Waals surface area contributed by atoms with Crippen LogP contribution < -0.4 is 10.6 Å². The molecular weight excluding hydrogens is 484 g/mol. The summed E-state index contributed by atoms with van der Waals surface area (Å²) in [4.78, 5) is 0. The maximum absolute atomic E-state index is 3.92. The van der Waals surface area contributed by atoms with E-state index >= 15 is 0 Å². The molecule has 0 aromatic heterocycles. The summed E-state index contributed by atoms with van der Waals surface area (Å²) < 4.78 is 0. The van der Waals surface area contributed by atoms with E-state index in [1.807, 2.05) is 0 Å². The third-order valence-corrected chi connectivity index (χ3v) is 9.32. The first-order valence-electron chi connectivity index (χ1n) is 15.6. The minimum Gasteiger partial charge on any atom is -0.316 e. The quantitative estimate of drug-likeness (QED) is 0.164. The van der Waals surface area contributed by atoms with Crippen molar-refractivity contribution in [2.24, 2.45) is 11.8 Å². The average molecular weight is 529 g/mol. The molecule has 4 aromatic carbocycles. The zero-order valence-corrected chi connectivity index (χ0v) is 23.8. The number of rotatable bonds is 14. The van der Waals surface area contributed by atoms with E-state index in [0.717, 1.165) is 26.2 Å². The van der Waals surface area contributed by atoms with Crippen LogP contribution in [0.5, 0.6) is 0 Å². The van der Waals surface area contributed by atoms with Gasteiger partial charge in [0.2, 0.25) is 0 Å². The van der Waals surface area contributed by atoms with E-state index < -0.39 is 0 Å². The molecule has 0 amide bonds. The number of fused-ring (bicyclic) bond motifs is 1. The van der Waals surface area contributed by atoms with Crippen LogP contribution >= 0.6 is 0 Å². The lowest BCUT2D eigenvalue weighted by Crippen LogP contribution is -2.48. The average Bonchev–Trinajstić information content (AvgIpc) is 3.02. The van der Waals surface area contributed by atoms with Crippen LogP contribution in [0.25, 0.3) is 0 Å². The minimum absolute atomic E-state index is 0.485. The predicted octanol–water partition coefficient (Wildman–Crippen LogP) is 7.73. The molecule has 0 radical (unpaired) electrons. The second-order valence-corrected chi connectivity index (χ2v) is 11.8. The molecule has 2 bridgehead atoms. The zero-order chi connectivity index (χ0) is 27.0. The van der Waals surface area contributed by atoms with Crippen molar-refractivity contribution in [3.05, 3.63) is 143 Å². The molecule has 0 saturated carbocycles. The van der Waals surface area contributed by atoms with Crippen LogP contribution in [0.4, 0.5) is 0 Å². The number of benzene rings is 4. The predicted molar refractivity (Wildman–Crippen MR) is 168 cm³/mol. The summed E-state index contributed by atoms with van der Waals surface area (Å²) in [6.45, 7) is 4.39. The van der Waals surface area contributed by atoms with Gasteiger partial charge in [-0.2, -0.15) is 0 Å². The van der Waals surface area contributed by atoms with Crippen LogP contribution in [0.15, 0.2) is 109 Å². The fourth-order valence-electron chi connectivity index (χ4n) is 7.43. The molecule has 4 aromatic rings. The van der Waals surface area contributed by atoms with Gasteiger partial charge in [-0.15, -0.1) is 0 Å². The van der Waals surface area contributed by atoms with Crippen molar-refractivity contribution in [1.29, 1.82) is 0 Å². The highest BCUT2D eigenvalue weighted by molar-refractivity contribution is 5.56.